The first kappa shape index (κ1) is 15.1. The van der Waals surface area contributed by atoms with Gasteiger partial charge in [0.2, 0.25) is 0 Å². The van der Waals surface area contributed by atoms with Gasteiger partial charge in [0.05, 0.1) is 20.0 Å². The van der Waals surface area contributed by atoms with Crippen molar-refractivity contribution in [3.8, 4) is 11.5 Å². The van der Waals surface area contributed by atoms with Crippen molar-refractivity contribution in [2.45, 2.75) is 0 Å². The molecule has 0 saturated heterocycles. The van der Waals surface area contributed by atoms with Crippen LogP contribution in [0.15, 0.2) is 18.2 Å². The second-order valence-corrected chi connectivity index (χ2v) is 2.18. The minimum absolute atomic E-state index is 0. The molecule has 0 heterocycles. The molecule has 1 aromatic carbocycles. The number of methoxy groups -OCH3 is 2. The Hall–Kier alpha value is -0.397. The minimum Gasteiger partial charge on any atom is -0.554 e. The third-order valence-corrected chi connectivity index (χ3v) is 1.49. The predicted molar refractivity (Wildman–Crippen MR) is 51.3 cm³/mol. The third kappa shape index (κ3) is 3.88. The average Bonchev–Trinajstić information content (AvgIpc) is 2.04. The number of ether oxygens (including phenoxy) is 2. The zero-order chi connectivity index (χ0) is 8.27. The summed E-state index contributed by atoms with van der Waals surface area (Å²) in [6, 6.07) is 5.51. The van der Waals surface area contributed by atoms with Crippen LogP contribution in [0, 0.1) is 6.92 Å². The van der Waals surface area contributed by atoms with Crippen molar-refractivity contribution in [3.05, 3.63) is 30.7 Å². The molecule has 0 bridgehead atoms. The summed E-state index contributed by atoms with van der Waals surface area (Å²) in [7, 11) is 3.25. The smallest absolute Gasteiger partial charge is 0.0759 e. The number of rotatable bonds is 2. The van der Waals surface area contributed by atoms with Gasteiger partial charge in [-0.2, -0.15) is 12.5 Å². The van der Waals surface area contributed by atoms with Crippen molar-refractivity contribution in [1.29, 1.82) is 0 Å². The quantitative estimate of drug-likeness (QED) is 0.594. The Balaban J connectivity index is 0. The summed E-state index contributed by atoms with van der Waals surface area (Å²) in [5.74, 6) is 1.58. The first-order valence-electron chi connectivity index (χ1n) is 3.32. The molecule has 0 saturated carbocycles. The summed E-state index contributed by atoms with van der Waals surface area (Å²) in [6.45, 7) is 3.79. The van der Waals surface area contributed by atoms with Gasteiger partial charge in [-0.3, -0.25) is 0 Å². The van der Waals surface area contributed by atoms with Crippen molar-refractivity contribution in [1.82, 2.24) is 0 Å². The topological polar surface area (TPSA) is 18.5 Å². The van der Waals surface area contributed by atoms with Crippen molar-refractivity contribution in [3.63, 3.8) is 0 Å². The van der Waals surface area contributed by atoms with E-state index in [0.717, 1.165) is 17.1 Å². The molecule has 0 N–H and O–H groups in total. The van der Waals surface area contributed by atoms with Gasteiger partial charge < -0.3 is 9.47 Å². The Morgan fingerprint density at radius 1 is 1.15 bits per heavy atom. The molecule has 0 unspecified atom stereocenters. The van der Waals surface area contributed by atoms with Gasteiger partial charge in [-0.15, -0.1) is 18.5 Å². The Bertz CT molecular complexity index is 253. The molecular formula is C9H12ClO2Zn-. The first-order chi connectivity index (χ1) is 5.27. The standard InChI is InChI=1S/C9H11O2.ClH.Zn/c1-7-6-8(10-2)4-5-9(7)11-3;;/h4-6H,1H2,2-3H3;1H;/q-1;;. The van der Waals surface area contributed by atoms with Gasteiger partial charge in [0.1, 0.15) is 0 Å². The summed E-state index contributed by atoms with van der Waals surface area (Å²) in [6.07, 6.45) is 0. The molecule has 13 heavy (non-hydrogen) atoms. The second-order valence-electron chi connectivity index (χ2n) is 2.18. The van der Waals surface area contributed by atoms with E-state index in [2.05, 4.69) is 6.92 Å². The number of halogens is 1. The Morgan fingerprint density at radius 2 is 1.77 bits per heavy atom. The molecule has 1 rings (SSSR count). The monoisotopic (exact) mass is 251 g/mol. The van der Waals surface area contributed by atoms with Crippen LogP contribution in [0.2, 0.25) is 0 Å². The van der Waals surface area contributed by atoms with Crippen LogP contribution in [-0.4, -0.2) is 14.2 Å². The van der Waals surface area contributed by atoms with Crippen molar-refractivity contribution in [2.75, 3.05) is 14.2 Å². The molecule has 0 atom stereocenters. The molecule has 2 nitrogen and oxygen atoms in total. The fourth-order valence-corrected chi connectivity index (χ4v) is 0.882. The number of hydrogen-bond acceptors (Lipinski definition) is 2. The van der Waals surface area contributed by atoms with Gasteiger partial charge in [0.25, 0.3) is 0 Å². The van der Waals surface area contributed by atoms with Gasteiger partial charge >= 0.3 is 0 Å². The molecule has 70 valence electrons. The van der Waals surface area contributed by atoms with E-state index in [1.54, 1.807) is 14.2 Å². The molecule has 0 radical (unpaired) electrons. The van der Waals surface area contributed by atoms with Crippen LogP contribution < -0.4 is 9.47 Å². The van der Waals surface area contributed by atoms with Crippen LogP contribution in [0.3, 0.4) is 0 Å². The largest absolute Gasteiger partial charge is 0.554 e. The molecule has 0 aliphatic rings. The van der Waals surface area contributed by atoms with Crippen LogP contribution >= 0.6 is 12.4 Å². The van der Waals surface area contributed by atoms with Crippen molar-refractivity contribution < 1.29 is 29.0 Å². The van der Waals surface area contributed by atoms with Crippen LogP contribution in [0.4, 0.5) is 0 Å². The van der Waals surface area contributed by atoms with E-state index in [9.17, 15) is 0 Å². The van der Waals surface area contributed by atoms with E-state index in [1.807, 2.05) is 18.2 Å². The number of benzene rings is 1. The van der Waals surface area contributed by atoms with E-state index < -0.39 is 0 Å². The summed E-state index contributed by atoms with van der Waals surface area (Å²) in [4.78, 5) is 0. The predicted octanol–water partition coefficient (Wildman–Crippen LogP) is 2.31. The van der Waals surface area contributed by atoms with Gasteiger partial charge in [-0.1, -0.05) is 6.07 Å². The van der Waals surface area contributed by atoms with Crippen molar-refractivity contribution in [2.24, 2.45) is 0 Å². The van der Waals surface area contributed by atoms with Gasteiger partial charge in [-0.25, -0.2) is 0 Å². The Kier molecular flexibility index (Phi) is 8.18. The van der Waals surface area contributed by atoms with E-state index in [-0.39, 0.29) is 31.9 Å². The first-order valence-corrected chi connectivity index (χ1v) is 3.32. The molecular weight excluding hydrogens is 241 g/mol. The van der Waals surface area contributed by atoms with Crippen LogP contribution in [0.25, 0.3) is 0 Å². The van der Waals surface area contributed by atoms with E-state index in [4.69, 9.17) is 9.47 Å². The van der Waals surface area contributed by atoms with Crippen LogP contribution in [-0.2, 0) is 19.5 Å². The summed E-state index contributed by atoms with van der Waals surface area (Å²) in [5, 5.41) is 0. The zero-order valence-corrected chi connectivity index (χ0v) is 11.7. The summed E-state index contributed by atoms with van der Waals surface area (Å²) >= 11 is 0. The maximum atomic E-state index is 5.03. The van der Waals surface area contributed by atoms with Crippen molar-refractivity contribution >= 4 is 12.4 Å². The number of hydrogen-bond donors (Lipinski definition) is 0. The maximum absolute atomic E-state index is 5.03. The fourth-order valence-electron chi connectivity index (χ4n) is 0.882. The van der Waals surface area contributed by atoms with Crippen LogP contribution in [0.1, 0.15) is 5.56 Å². The van der Waals surface area contributed by atoms with E-state index in [1.165, 1.54) is 0 Å². The van der Waals surface area contributed by atoms with Gasteiger partial charge in [0, 0.05) is 25.2 Å². The maximum Gasteiger partial charge on any atom is 0.0759 e. The summed E-state index contributed by atoms with van der Waals surface area (Å²) < 4.78 is 10.0. The fraction of sp³-hybridized carbons (Fsp3) is 0.222. The molecule has 1 aromatic rings. The summed E-state index contributed by atoms with van der Waals surface area (Å²) in [5.41, 5.74) is 0.840. The molecule has 0 fully saturated rings. The van der Waals surface area contributed by atoms with Gasteiger partial charge in [-0.05, 0) is 6.07 Å². The van der Waals surface area contributed by atoms with E-state index >= 15 is 0 Å². The second kappa shape index (κ2) is 7.05. The Labute approximate surface area is 97.8 Å². The van der Waals surface area contributed by atoms with Crippen LogP contribution in [0.5, 0.6) is 11.5 Å². The third-order valence-electron chi connectivity index (χ3n) is 1.49. The molecule has 0 aliphatic carbocycles. The van der Waals surface area contributed by atoms with E-state index in [0.29, 0.717) is 0 Å². The minimum atomic E-state index is 0. The molecule has 0 aliphatic heterocycles. The van der Waals surface area contributed by atoms with Gasteiger partial charge in [0.15, 0.2) is 0 Å². The zero-order valence-electron chi connectivity index (χ0n) is 7.87. The average molecular weight is 253 g/mol. The molecule has 0 spiro atoms. The Morgan fingerprint density at radius 3 is 2.15 bits per heavy atom. The molecule has 0 amide bonds. The molecule has 0 aromatic heterocycles. The normalized spacial score (nSPS) is 7.85. The SMILES string of the molecule is Cl.[CH2-]c1cc(OC)ccc1OC.[Zn]. The molecule has 4 heteroatoms.